The van der Waals surface area contributed by atoms with Crippen LogP contribution in [-0.2, 0) is 6.54 Å². The van der Waals surface area contributed by atoms with Crippen LogP contribution in [0, 0.1) is 11.8 Å². The molecule has 0 amide bonds. The van der Waals surface area contributed by atoms with Crippen molar-refractivity contribution in [2.75, 3.05) is 18.0 Å². The standard InChI is InChI=1S/C12H20N4/c1-9-5-10(2)8-16(7-9)12-4-3-11(6-13)14-15-12/h3-4,9-10H,5-8,13H2,1-2H3. The van der Waals surface area contributed by atoms with E-state index in [4.69, 9.17) is 5.73 Å². The van der Waals surface area contributed by atoms with Gasteiger partial charge in [-0.1, -0.05) is 13.8 Å². The number of hydrogen-bond donors (Lipinski definition) is 1. The van der Waals surface area contributed by atoms with Crippen molar-refractivity contribution in [2.45, 2.75) is 26.8 Å². The van der Waals surface area contributed by atoms with Crippen LogP contribution in [0.15, 0.2) is 12.1 Å². The lowest BCUT2D eigenvalue weighted by Gasteiger charge is -2.35. The smallest absolute Gasteiger partial charge is 0.151 e. The van der Waals surface area contributed by atoms with E-state index in [1.54, 1.807) is 0 Å². The summed E-state index contributed by atoms with van der Waals surface area (Å²) in [5.41, 5.74) is 6.36. The molecule has 1 aromatic heterocycles. The molecule has 0 spiro atoms. The van der Waals surface area contributed by atoms with Gasteiger partial charge in [-0.25, -0.2) is 0 Å². The monoisotopic (exact) mass is 220 g/mol. The molecule has 2 unspecified atom stereocenters. The molecular weight excluding hydrogens is 200 g/mol. The topological polar surface area (TPSA) is 55.0 Å². The first kappa shape index (κ1) is 11.3. The predicted octanol–water partition coefficient (Wildman–Crippen LogP) is 1.42. The van der Waals surface area contributed by atoms with Gasteiger partial charge in [-0.05, 0) is 30.4 Å². The maximum Gasteiger partial charge on any atom is 0.151 e. The Labute approximate surface area is 96.9 Å². The number of rotatable bonds is 2. The molecule has 1 saturated heterocycles. The summed E-state index contributed by atoms with van der Waals surface area (Å²) >= 11 is 0. The molecule has 88 valence electrons. The van der Waals surface area contributed by atoms with Crippen molar-refractivity contribution in [1.29, 1.82) is 0 Å². The van der Waals surface area contributed by atoms with Crippen molar-refractivity contribution >= 4 is 5.82 Å². The zero-order valence-electron chi connectivity index (χ0n) is 10.1. The summed E-state index contributed by atoms with van der Waals surface area (Å²) in [7, 11) is 0. The molecule has 0 aliphatic carbocycles. The zero-order valence-corrected chi connectivity index (χ0v) is 10.1. The number of nitrogens with zero attached hydrogens (tertiary/aromatic N) is 3. The number of nitrogens with two attached hydrogens (primary N) is 1. The average Bonchev–Trinajstić information content (AvgIpc) is 2.28. The molecule has 0 aromatic carbocycles. The van der Waals surface area contributed by atoms with Crippen molar-refractivity contribution < 1.29 is 0 Å². The highest BCUT2D eigenvalue weighted by Gasteiger charge is 2.22. The lowest BCUT2D eigenvalue weighted by molar-refractivity contribution is 0.355. The highest BCUT2D eigenvalue weighted by Crippen LogP contribution is 2.24. The van der Waals surface area contributed by atoms with E-state index in [1.807, 2.05) is 12.1 Å². The highest BCUT2D eigenvalue weighted by molar-refractivity contribution is 5.38. The Morgan fingerprint density at radius 1 is 1.25 bits per heavy atom. The molecule has 1 aliphatic heterocycles. The van der Waals surface area contributed by atoms with Gasteiger partial charge < -0.3 is 10.6 Å². The maximum absolute atomic E-state index is 5.51. The van der Waals surface area contributed by atoms with Crippen LogP contribution in [0.5, 0.6) is 0 Å². The lowest BCUT2D eigenvalue weighted by Crippen LogP contribution is -2.39. The van der Waals surface area contributed by atoms with Crippen molar-refractivity contribution in [3.8, 4) is 0 Å². The Hall–Kier alpha value is -1.16. The fraction of sp³-hybridized carbons (Fsp3) is 0.667. The molecule has 2 atom stereocenters. The van der Waals surface area contributed by atoms with Gasteiger partial charge >= 0.3 is 0 Å². The van der Waals surface area contributed by atoms with E-state index in [2.05, 4.69) is 28.9 Å². The molecule has 0 bridgehead atoms. The van der Waals surface area contributed by atoms with Crippen molar-refractivity contribution in [1.82, 2.24) is 10.2 Å². The number of hydrogen-bond acceptors (Lipinski definition) is 4. The van der Waals surface area contributed by atoms with Crippen LogP contribution < -0.4 is 10.6 Å². The van der Waals surface area contributed by atoms with Crippen LogP contribution in [-0.4, -0.2) is 23.3 Å². The summed E-state index contributed by atoms with van der Waals surface area (Å²) < 4.78 is 0. The summed E-state index contributed by atoms with van der Waals surface area (Å²) in [5.74, 6) is 2.45. The van der Waals surface area contributed by atoms with Crippen LogP contribution in [0.2, 0.25) is 0 Å². The summed E-state index contributed by atoms with van der Waals surface area (Å²) in [4.78, 5) is 2.33. The van der Waals surface area contributed by atoms with Gasteiger partial charge in [0.2, 0.25) is 0 Å². The molecule has 1 aromatic rings. The Morgan fingerprint density at radius 2 is 1.94 bits per heavy atom. The first-order chi connectivity index (χ1) is 7.69. The van der Waals surface area contributed by atoms with E-state index in [9.17, 15) is 0 Å². The Balaban J connectivity index is 2.10. The van der Waals surface area contributed by atoms with Gasteiger partial charge in [0, 0.05) is 19.6 Å². The van der Waals surface area contributed by atoms with Crippen LogP contribution >= 0.6 is 0 Å². The number of piperidine rings is 1. The van der Waals surface area contributed by atoms with Crippen molar-refractivity contribution in [3.05, 3.63) is 17.8 Å². The van der Waals surface area contributed by atoms with Gasteiger partial charge in [0.25, 0.3) is 0 Å². The summed E-state index contributed by atoms with van der Waals surface area (Å²) in [6, 6.07) is 3.99. The van der Waals surface area contributed by atoms with Crippen LogP contribution in [0.25, 0.3) is 0 Å². The van der Waals surface area contributed by atoms with E-state index in [1.165, 1.54) is 6.42 Å². The molecule has 16 heavy (non-hydrogen) atoms. The van der Waals surface area contributed by atoms with Crippen LogP contribution in [0.1, 0.15) is 26.0 Å². The van der Waals surface area contributed by atoms with E-state index in [0.717, 1.165) is 36.4 Å². The van der Waals surface area contributed by atoms with Crippen LogP contribution in [0.4, 0.5) is 5.82 Å². The van der Waals surface area contributed by atoms with Gasteiger partial charge in [0.15, 0.2) is 5.82 Å². The number of aromatic nitrogens is 2. The molecule has 0 saturated carbocycles. The lowest BCUT2D eigenvalue weighted by atomic mass is 9.92. The third kappa shape index (κ3) is 2.50. The molecule has 4 heteroatoms. The predicted molar refractivity (Wildman–Crippen MR) is 65.1 cm³/mol. The first-order valence-electron chi connectivity index (χ1n) is 5.96. The molecule has 2 heterocycles. The van der Waals surface area contributed by atoms with Gasteiger partial charge in [-0.15, -0.1) is 5.10 Å². The minimum absolute atomic E-state index is 0.458. The maximum atomic E-state index is 5.51. The normalized spacial score (nSPS) is 25.8. The van der Waals surface area contributed by atoms with Gasteiger partial charge in [0.05, 0.1) is 5.69 Å². The Bertz CT molecular complexity index is 325. The fourth-order valence-corrected chi connectivity index (χ4v) is 2.48. The molecule has 2 N–H and O–H groups in total. The van der Waals surface area contributed by atoms with E-state index in [0.29, 0.717) is 6.54 Å². The quantitative estimate of drug-likeness (QED) is 0.819. The van der Waals surface area contributed by atoms with Gasteiger partial charge in [-0.2, -0.15) is 5.10 Å². The summed E-state index contributed by atoms with van der Waals surface area (Å²) in [6.45, 7) is 7.22. The largest absolute Gasteiger partial charge is 0.355 e. The van der Waals surface area contributed by atoms with Crippen molar-refractivity contribution in [2.24, 2.45) is 17.6 Å². The minimum Gasteiger partial charge on any atom is -0.355 e. The molecule has 1 aliphatic rings. The zero-order chi connectivity index (χ0) is 11.5. The first-order valence-corrected chi connectivity index (χ1v) is 5.96. The third-order valence-corrected chi connectivity index (χ3v) is 3.11. The molecule has 4 nitrogen and oxygen atoms in total. The van der Waals surface area contributed by atoms with E-state index < -0.39 is 0 Å². The molecular formula is C12H20N4. The van der Waals surface area contributed by atoms with E-state index >= 15 is 0 Å². The molecule has 2 rings (SSSR count). The third-order valence-electron chi connectivity index (χ3n) is 3.11. The average molecular weight is 220 g/mol. The fourth-order valence-electron chi connectivity index (χ4n) is 2.48. The van der Waals surface area contributed by atoms with Gasteiger partial charge in [0.1, 0.15) is 0 Å². The second-order valence-corrected chi connectivity index (χ2v) is 4.94. The second kappa shape index (κ2) is 4.78. The SMILES string of the molecule is CC1CC(C)CN(c2ccc(CN)nn2)C1. The molecule has 1 fully saturated rings. The number of anilines is 1. The summed E-state index contributed by atoms with van der Waals surface area (Å²) in [6.07, 6.45) is 1.31. The van der Waals surface area contributed by atoms with E-state index in [-0.39, 0.29) is 0 Å². The van der Waals surface area contributed by atoms with Gasteiger partial charge in [-0.3, -0.25) is 0 Å². The Kier molecular flexibility index (Phi) is 3.39. The minimum atomic E-state index is 0.458. The van der Waals surface area contributed by atoms with Crippen LogP contribution in [0.3, 0.4) is 0 Å². The van der Waals surface area contributed by atoms with Crippen molar-refractivity contribution in [3.63, 3.8) is 0 Å². The summed E-state index contributed by atoms with van der Waals surface area (Å²) in [5, 5.41) is 8.34. The second-order valence-electron chi connectivity index (χ2n) is 4.94. The molecule has 0 radical (unpaired) electrons. The Morgan fingerprint density at radius 3 is 2.44 bits per heavy atom. The highest BCUT2D eigenvalue weighted by atomic mass is 15.3.